The molecule has 1 atom stereocenters. The fourth-order valence-corrected chi connectivity index (χ4v) is 2.29. The summed E-state index contributed by atoms with van der Waals surface area (Å²) in [7, 11) is 0. The summed E-state index contributed by atoms with van der Waals surface area (Å²) in [6.07, 6.45) is 3.42. The molecule has 1 aromatic rings. The molecule has 18 heavy (non-hydrogen) atoms. The molecule has 0 aliphatic carbocycles. The Labute approximate surface area is 112 Å². The number of halogens is 1. The van der Waals surface area contributed by atoms with Gasteiger partial charge in [-0.25, -0.2) is 4.79 Å². The number of benzene rings is 1. The molecule has 2 amide bonds. The first kappa shape index (κ1) is 13.2. The monoisotopic (exact) mass is 267 g/mol. The van der Waals surface area contributed by atoms with Gasteiger partial charge >= 0.3 is 6.03 Å². The maximum Gasteiger partial charge on any atom is 0.319 e. The topological polar surface area (TPSA) is 53.2 Å². The van der Waals surface area contributed by atoms with Crippen LogP contribution in [0.2, 0.25) is 5.02 Å². The molecule has 98 valence electrons. The van der Waals surface area contributed by atoms with E-state index < -0.39 is 0 Å². The van der Waals surface area contributed by atoms with Crippen molar-refractivity contribution in [2.45, 2.75) is 25.3 Å². The molecule has 0 saturated carbocycles. The molecule has 1 aliphatic rings. The average molecular weight is 268 g/mol. The number of carbonyl (C=O) groups excluding carboxylic acids is 1. The zero-order valence-corrected chi connectivity index (χ0v) is 11.0. The molecule has 0 radical (unpaired) electrons. The molecule has 2 rings (SSSR count). The summed E-state index contributed by atoms with van der Waals surface area (Å²) in [6, 6.07) is 7.48. The van der Waals surface area contributed by atoms with Gasteiger partial charge < -0.3 is 16.0 Å². The van der Waals surface area contributed by atoms with E-state index in [1.807, 2.05) is 6.07 Å². The predicted molar refractivity (Wildman–Crippen MR) is 74.1 cm³/mol. The molecule has 3 N–H and O–H groups in total. The van der Waals surface area contributed by atoms with Crippen LogP contribution >= 0.6 is 11.6 Å². The van der Waals surface area contributed by atoms with Crippen LogP contribution in [-0.4, -0.2) is 25.2 Å². The van der Waals surface area contributed by atoms with E-state index in [0.717, 1.165) is 13.0 Å². The summed E-state index contributed by atoms with van der Waals surface area (Å²) in [5.41, 5.74) is 0.707. The van der Waals surface area contributed by atoms with Crippen LogP contribution in [-0.2, 0) is 0 Å². The van der Waals surface area contributed by atoms with Crippen LogP contribution in [0.25, 0.3) is 0 Å². The Kier molecular flexibility index (Phi) is 4.84. The molecule has 0 aromatic heterocycles. The molecule has 1 aromatic carbocycles. The van der Waals surface area contributed by atoms with Gasteiger partial charge in [-0.15, -0.1) is 0 Å². The highest BCUT2D eigenvalue weighted by Gasteiger charge is 2.13. The number of hydrogen-bond acceptors (Lipinski definition) is 2. The fourth-order valence-electron chi connectivity index (χ4n) is 2.10. The number of rotatable bonds is 4. The normalized spacial score (nSPS) is 18.6. The van der Waals surface area contributed by atoms with Gasteiger partial charge in [-0.3, -0.25) is 0 Å². The predicted octanol–water partition coefficient (Wildman–Crippen LogP) is 2.60. The van der Waals surface area contributed by atoms with Crippen molar-refractivity contribution in [3.05, 3.63) is 29.3 Å². The SMILES string of the molecule is O=C(NCC[C@H]1CCCN1)Nc1cccc(Cl)c1. The van der Waals surface area contributed by atoms with Crippen molar-refractivity contribution in [3.8, 4) is 0 Å². The first-order valence-electron chi connectivity index (χ1n) is 6.28. The molecule has 5 heteroatoms. The summed E-state index contributed by atoms with van der Waals surface area (Å²) >= 11 is 5.84. The Morgan fingerprint density at radius 1 is 1.50 bits per heavy atom. The van der Waals surface area contributed by atoms with Crippen LogP contribution in [0.15, 0.2) is 24.3 Å². The van der Waals surface area contributed by atoms with Gasteiger partial charge in [-0.05, 0) is 44.0 Å². The van der Waals surface area contributed by atoms with Gasteiger partial charge in [0, 0.05) is 23.3 Å². The van der Waals surface area contributed by atoms with E-state index in [-0.39, 0.29) is 6.03 Å². The number of urea groups is 1. The third kappa shape index (κ3) is 4.20. The third-order valence-corrected chi connectivity index (χ3v) is 3.26. The second-order valence-corrected chi connectivity index (χ2v) is 4.91. The van der Waals surface area contributed by atoms with E-state index in [1.54, 1.807) is 18.2 Å². The molecule has 0 bridgehead atoms. The van der Waals surface area contributed by atoms with Gasteiger partial charge in [-0.1, -0.05) is 17.7 Å². The van der Waals surface area contributed by atoms with E-state index in [1.165, 1.54) is 12.8 Å². The summed E-state index contributed by atoms with van der Waals surface area (Å²) < 4.78 is 0. The van der Waals surface area contributed by atoms with Crippen molar-refractivity contribution in [3.63, 3.8) is 0 Å². The first-order chi connectivity index (χ1) is 8.74. The van der Waals surface area contributed by atoms with Crippen molar-refractivity contribution >= 4 is 23.3 Å². The van der Waals surface area contributed by atoms with E-state index in [0.29, 0.717) is 23.3 Å². The Balaban J connectivity index is 1.68. The first-order valence-corrected chi connectivity index (χ1v) is 6.65. The largest absolute Gasteiger partial charge is 0.338 e. The molecular weight excluding hydrogens is 250 g/mol. The third-order valence-electron chi connectivity index (χ3n) is 3.02. The highest BCUT2D eigenvalue weighted by Crippen LogP contribution is 2.14. The fraction of sp³-hybridized carbons (Fsp3) is 0.462. The van der Waals surface area contributed by atoms with Gasteiger partial charge in [0.1, 0.15) is 0 Å². The van der Waals surface area contributed by atoms with E-state index in [4.69, 9.17) is 11.6 Å². The lowest BCUT2D eigenvalue weighted by atomic mass is 10.1. The zero-order valence-electron chi connectivity index (χ0n) is 10.2. The van der Waals surface area contributed by atoms with Crippen LogP contribution in [0.4, 0.5) is 10.5 Å². The summed E-state index contributed by atoms with van der Waals surface area (Å²) in [5, 5.41) is 9.61. The van der Waals surface area contributed by atoms with Gasteiger partial charge in [0.05, 0.1) is 0 Å². The lowest BCUT2D eigenvalue weighted by Crippen LogP contribution is -2.33. The molecule has 1 saturated heterocycles. The number of anilines is 1. The number of amides is 2. The van der Waals surface area contributed by atoms with Crippen LogP contribution in [0.3, 0.4) is 0 Å². The highest BCUT2D eigenvalue weighted by atomic mass is 35.5. The van der Waals surface area contributed by atoms with Crippen molar-refractivity contribution < 1.29 is 4.79 Å². The molecule has 0 unspecified atom stereocenters. The summed E-state index contributed by atoms with van der Waals surface area (Å²) in [5.74, 6) is 0. The second kappa shape index (κ2) is 6.61. The van der Waals surface area contributed by atoms with Crippen LogP contribution in [0.1, 0.15) is 19.3 Å². The molecule has 0 spiro atoms. The molecule has 4 nitrogen and oxygen atoms in total. The number of nitrogens with one attached hydrogen (secondary N) is 3. The summed E-state index contributed by atoms with van der Waals surface area (Å²) in [6.45, 7) is 1.78. The van der Waals surface area contributed by atoms with Gasteiger partial charge in [0.2, 0.25) is 0 Å². The lowest BCUT2D eigenvalue weighted by molar-refractivity contribution is 0.251. The maximum atomic E-state index is 11.6. The molecule has 1 fully saturated rings. The minimum absolute atomic E-state index is 0.185. The summed E-state index contributed by atoms with van der Waals surface area (Å²) in [4.78, 5) is 11.6. The van der Waals surface area contributed by atoms with E-state index in [9.17, 15) is 4.79 Å². The minimum atomic E-state index is -0.185. The number of hydrogen-bond donors (Lipinski definition) is 3. The van der Waals surface area contributed by atoms with Gasteiger partial charge in [-0.2, -0.15) is 0 Å². The Morgan fingerprint density at radius 2 is 2.39 bits per heavy atom. The molecular formula is C13H18ClN3O. The second-order valence-electron chi connectivity index (χ2n) is 4.47. The van der Waals surface area contributed by atoms with Crippen LogP contribution in [0, 0.1) is 0 Å². The Hall–Kier alpha value is -1.26. The van der Waals surface area contributed by atoms with Crippen molar-refractivity contribution in [2.24, 2.45) is 0 Å². The van der Waals surface area contributed by atoms with Crippen molar-refractivity contribution in [1.29, 1.82) is 0 Å². The smallest absolute Gasteiger partial charge is 0.319 e. The van der Waals surface area contributed by atoms with E-state index in [2.05, 4.69) is 16.0 Å². The Bertz CT molecular complexity index is 405. The standard InChI is InChI=1S/C13H18ClN3O/c14-10-3-1-4-12(9-10)17-13(18)16-8-6-11-5-2-7-15-11/h1,3-4,9,11,15H,2,5-8H2,(H2,16,17,18)/t11-/m1/s1. The lowest BCUT2D eigenvalue weighted by Gasteiger charge is -2.11. The van der Waals surface area contributed by atoms with Gasteiger partial charge in [0.15, 0.2) is 0 Å². The van der Waals surface area contributed by atoms with E-state index >= 15 is 0 Å². The Morgan fingerprint density at radius 3 is 3.11 bits per heavy atom. The zero-order chi connectivity index (χ0) is 12.8. The molecule has 1 heterocycles. The van der Waals surface area contributed by atoms with Crippen molar-refractivity contribution in [2.75, 3.05) is 18.4 Å². The average Bonchev–Trinajstić information content (AvgIpc) is 2.82. The van der Waals surface area contributed by atoms with Crippen LogP contribution < -0.4 is 16.0 Å². The molecule has 1 aliphatic heterocycles. The number of carbonyl (C=O) groups is 1. The quantitative estimate of drug-likeness (QED) is 0.785. The minimum Gasteiger partial charge on any atom is -0.338 e. The van der Waals surface area contributed by atoms with Crippen LogP contribution in [0.5, 0.6) is 0 Å². The maximum absolute atomic E-state index is 11.6. The highest BCUT2D eigenvalue weighted by molar-refractivity contribution is 6.30. The van der Waals surface area contributed by atoms with Crippen molar-refractivity contribution in [1.82, 2.24) is 10.6 Å². The van der Waals surface area contributed by atoms with Gasteiger partial charge in [0.25, 0.3) is 0 Å².